The molecule has 20 atom stereocenters. The molecule has 0 aromatic carbocycles. The van der Waals surface area contributed by atoms with Gasteiger partial charge >= 0.3 is 0 Å². The molecule has 0 aliphatic heterocycles. The zero-order valence-electron chi connectivity index (χ0n) is 78.4. The lowest BCUT2D eigenvalue weighted by Gasteiger charge is -2.42. The van der Waals surface area contributed by atoms with Gasteiger partial charge in [0.2, 0.25) is 0 Å². The van der Waals surface area contributed by atoms with E-state index in [2.05, 4.69) is 200 Å². The van der Waals surface area contributed by atoms with Gasteiger partial charge in [-0.25, -0.2) is 0 Å². The van der Waals surface area contributed by atoms with E-state index in [9.17, 15) is 40.9 Å². The number of aliphatic hydroxyl groups is 8. The molecule has 0 radical (unpaired) electrons. The lowest BCUT2D eigenvalue weighted by molar-refractivity contribution is 0.0856. The number of hydrogen-bond donors (Lipinski definition) is 8. The fraction of sp³-hybridized carbons (Fsp3) is 0.593. The van der Waals surface area contributed by atoms with Crippen molar-refractivity contribution in [1.82, 2.24) is 0 Å². The molecule has 12 rings (SSSR count). The van der Waals surface area contributed by atoms with Crippen molar-refractivity contribution in [2.75, 3.05) is 28.4 Å². The minimum absolute atomic E-state index is 0.216. The first-order chi connectivity index (χ1) is 59.0. The summed E-state index contributed by atoms with van der Waals surface area (Å²) in [4.78, 5) is 19.3. The summed E-state index contributed by atoms with van der Waals surface area (Å²) in [6.07, 6.45) is 66.5. The highest BCUT2D eigenvalue weighted by molar-refractivity contribution is 5.93. The van der Waals surface area contributed by atoms with E-state index >= 15 is 0 Å². The van der Waals surface area contributed by atoms with Gasteiger partial charge in [-0.2, -0.15) is 0 Å². The second-order valence-electron chi connectivity index (χ2n) is 39.0. The molecular weight excluding hydrogens is 1550 g/mol. The number of hydrogen-bond acceptors (Lipinski definition) is 16. The number of aliphatic hydroxyl groups excluding tert-OH is 8. The van der Waals surface area contributed by atoms with Gasteiger partial charge < -0.3 is 60.2 Å². The zero-order valence-corrected chi connectivity index (χ0v) is 78.4. The van der Waals surface area contributed by atoms with Crippen LogP contribution in [-0.4, -0.2) is 141 Å². The summed E-state index contributed by atoms with van der Waals surface area (Å²) in [7, 11) is 6.29. The fourth-order valence-corrected chi connectivity index (χ4v) is 23.3. The molecule has 0 aromatic rings. The first kappa shape index (κ1) is 100. The molecule has 0 aromatic heterocycles. The van der Waals surface area contributed by atoms with Gasteiger partial charge in [-0.1, -0.05) is 244 Å². The molecule has 12 aliphatic carbocycles. The number of rotatable bonds is 24. The average Bonchev–Trinajstić information content (AvgIpc) is 1.62. The quantitative estimate of drug-likeness (QED) is 0.0255. The Morgan fingerprint density at radius 3 is 0.726 bits per heavy atom. The molecule has 0 saturated heterocycles. The zero-order chi connectivity index (χ0) is 90.4. The maximum Gasteiger partial charge on any atom is 0.106 e. The lowest BCUT2D eigenvalue weighted by atomic mass is 9.62. The van der Waals surface area contributed by atoms with Crippen molar-refractivity contribution in [2.24, 2.45) is 89.6 Å². The monoisotopic (exact) mass is 1700 g/mol. The van der Waals surface area contributed by atoms with E-state index < -0.39 is 48.8 Å². The van der Waals surface area contributed by atoms with Gasteiger partial charge in [0.1, 0.15) is 28.4 Å². The molecule has 0 bridgehead atoms. The number of oxime groups is 4. The maximum absolute atomic E-state index is 10.1. The Morgan fingerprint density at radius 1 is 0.347 bits per heavy atom. The second-order valence-corrected chi connectivity index (χ2v) is 39.0. The van der Waals surface area contributed by atoms with E-state index in [0.29, 0.717) is 98.7 Å². The van der Waals surface area contributed by atoms with Gasteiger partial charge in [0.25, 0.3) is 0 Å². The minimum Gasteiger partial charge on any atom is -0.399 e. The SMILES string of the molecule is C=C1/C(=C\C=C2/CCC[C@]3(C)C([C@@H](C)C/C=C/C(C)=NOC)=CC[C@@H]23)C[C@@H](O)C[C@@H]1O.C=C1/C(=C\C=C2/CCC[C@]3(C)C([C@@H](C)C/C=C/C(C)=NOC)=CC[C@@H]23)C[C@@H](O)C[C@@H]1O.C=C1/C(=C\C=C2/CCC[C@]3(C)C([C@H](C)C/C=C/C(C)=NOC)=CC[C@@H]23)C[C@@H](O)C[C@@H]1O.C=C1/C(=C\C=C2/CCC[C@]3(C)C([C@H](C)C/C=C/C(C)=NOC)=CC[C@@H]23)C[C@@H](O)C[C@@H]1O. The van der Waals surface area contributed by atoms with Crippen LogP contribution in [0.2, 0.25) is 0 Å². The van der Waals surface area contributed by atoms with Crippen LogP contribution in [-0.2, 0) is 19.4 Å². The Kier molecular flexibility index (Phi) is 37.5. The van der Waals surface area contributed by atoms with Crippen LogP contribution in [0.4, 0.5) is 0 Å². The van der Waals surface area contributed by atoms with Gasteiger partial charge in [0.15, 0.2) is 0 Å². The highest BCUT2D eigenvalue weighted by Gasteiger charge is 2.50. The number of nitrogens with zero attached hydrogens (tertiary/aromatic N) is 4. The summed E-state index contributed by atoms with van der Waals surface area (Å²) >= 11 is 0. The van der Waals surface area contributed by atoms with Crippen LogP contribution in [0.15, 0.2) is 258 Å². The smallest absolute Gasteiger partial charge is 0.106 e. The van der Waals surface area contributed by atoms with Crippen LogP contribution in [0, 0.1) is 69.0 Å². The van der Waals surface area contributed by atoms with Crippen molar-refractivity contribution < 1.29 is 60.2 Å². The van der Waals surface area contributed by atoms with Crippen LogP contribution < -0.4 is 0 Å². The van der Waals surface area contributed by atoms with Gasteiger partial charge in [-0.05, 0) is 320 Å². The Hall–Kier alpha value is -7.64. The maximum atomic E-state index is 10.1. The third-order valence-corrected chi connectivity index (χ3v) is 30.0. The first-order valence-corrected chi connectivity index (χ1v) is 46.6. The summed E-state index contributed by atoms with van der Waals surface area (Å²) in [5, 5.41) is 96.4. The second kappa shape index (κ2) is 46.4. The third kappa shape index (κ3) is 25.4. The Morgan fingerprint density at radius 2 is 0.540 bits per heavy atom. The van der Waals surface area contributed by atoms with E-state index in [0.717, 1.165) is 144 Å². The van der Waals surface area contributed by atoms with Crippen LogP contribution in [0.3, 0.4) is 0 Å². The first-order valence-electron chi connectivity index (χ1n) is 46.6. The van der Waals surface area contributed by atoms with E-state index in [1.165, 1.54) is 73.7 Å². The molecule has 0 unspecified atom stereocenters. The standard InChI is InChI=1S/4C27H39NO3/c4*1-18(8-6-9-19(2)28-31-5)24-13-14-25-21(10-7-15-27(24,25)4)11-12-22-16-23(29)17-26(30)20(22)3/h4*6,9,11-13,18,23,25-26,29-30H,3,7-8,10,14-17H2,1-2,4-5H3/b4*9-6+,21-11+,22-12-,28-19?/t2*18-,23+,25-,26-,27+;2*18-,23-,25+,26+,27-/m0011/s1. The fourth-order valence-electron chi connectivity index (χ4n) is 23.3. The normalized spacial score (nSPS) is 35.5. The number of allylic oxidation sites excluding steroid dienone is 28. The molecular formula is C108H156N4O12. The summed E-state index contributed by atoms with van der Waals surface area (Å²) in [6.45, 7) is 43.1. The van der Waals surface area contributed by atoms with E-state index in [4.69, 9.17) is 19.4 Å². The predicted octanol–water partition coefficient (Wildman–Crippen LogP) is 22.6. The molecule has 16 nitrogen and oxygen atoms in total. The molecule has 0 amide bonds. The molecule has 8 fully saturated rings. The van der Waals surface area contributed by atoms with Crippen molar-refractivity contribution >= 4 is 22.8 Å². The van der Waals surface area contributed by atoms with Crippen LogP contribution >= 0.6 is 0 Å². The Bertz CT molecular complexity index is 3880. The lowest BCUT2D eigenvalue weighted by Crippen LogP contribution is -2.32. The van der Waals surface area contributed by atoms with Crippen LogP contribution in [0.5, 0.6) is 0 Å². The molecule has 8 saturated carbocycles. The summed E-state index contributed by atoms with van der Waals surface area (Å²) < 4.78 is 0. The molecule has 0 heterocycles. The molecule has 124 heavy (non-hydrogen) atoms. The Balaban J connectivity index is 0.000000187. The van der Waals surface area contributed by atoms with Crippen molar-refractivity contribution in [2.45, 2.75) is 312 Å². The van der Waals surface area contributed by atoms with Gasteiger partial charge in [0, 0.05) is 25.7 Å². The Labute approximate surface area is 745 Å². The van der Waals surface area contributed by atoms with Crippen molar-refractivity contribution in [3.05, 3.63) is 237 Å². The van der Waals surface area contributed by atoms with E-state index in [1.54, 1.807) is 50.7 Å². The van der Waals surface area contributed by atoms with Crippen LogP contribution in [0.25, 0.3) is 0 Å². The van der Waals surface area contributed by atoms with E-state index in [-0.39, 0.29) is 21.7 Å². The predicted molar refractivity (Wildman–Crippen MR) is 511 cm³/mol. The molecule has 16 heteroatoms. The van der Waals surface area contributed by atoms with Crippen molar-refractivity contribution in [3.8, 4) is 0 Å². The van der Waals surface area contributed by atoms with Crippen molar-refractivity contribution in [1.29, 1.82) is 0 Å². The van der Waals surface area contributed by atoms with E-state index in [1.807, 2.05) is 52.0 Å². The summed E-state index contributed by atoms with van der Waals surface area (Å²) in [5.74, 6) is 4.19. The molecule has 0 spiro atoms. The van der Waals surface area contributed by atoms with Crippen LogP contribution in [0.1, 0.15) is 263 Å². The van der Waals surface area contributed by atoms with Gasteiger partial charge in [-0.3, -0.25) is 0 Å². The molecule has 8 N–H and O–H groups in total. The molecule has 12 aliphatic rings. The summed E-state index contributed by atoms with van der Waals surface area (Å²) in [6, 6.07) is 0. The van der Waals surface area contributed by atoms with Gasteiger partial charge in [-0.15, -0.1) is 0 Å². The molecule has 680 valence electrons. The van der Waals surface area contributed by atoms with Gasteiger partial charge in [0.05, 0.1) is 71.7 Å². The topological polar surface area (TPSA) is 248 Å². The highest BCUT2D eigenvalue weighted by Crippen LogP contribution is 2.61. The third-order valence-electron chi connectivity index (χ3n) is 30.0. The largest absolute Gasteiger partial charge is 0.399 e. The summed E-state index contributed by atoms with van der Waals surface area (Å²) in [5.41, 5.74) is 23.8. The number of fused-ring (bicyclic) bond motifs is 4. The average molecular weight is 1700 g/mol. The minimum atomic E-state index is -0.628. The highest BCUT2D eigenvalue weighted by atomic mass is 16.6. The van der Waals surface area contributed by atoms with Crippen molar-refractivity contribution in [3.63, 3.8) is 0 Å².